The van der Waals surface area contributed by atoms with Crippen LogP contribution >= 0.6 is 23.2 Å². The summed E-state index contributed by atoms with van der Waals surface area (Å²) in [5.41, 5.74) is 3.30. The van der Waals surface area contributed by atoms with Crippen LogP contribution < -0.4 is 10.6 Å². The molecule has 140 valence electrons. The number of phenols is 1. The fourth-order valence-electron chi connectivity index (χ4n) is 3.92. The summed E-state index contributed by atoms with van der Waals surface area (Å²) in [5, 5.41) is 18.2. The van der Waals surface area contributed by atoms with E-state index in [0.29, 0.717) is 39.8 Å². The molecular formula is C21H20Cl2N2O2. The van der Waals surface area contributed by atoms with Gasteiger partial charge in [0.15, 0.2) is 5.78 Å². The Morgan fingerprint density at radius 3 is 2.70 bits per heavy atom. The number of fused-ring (bicyclic) bond motifs is 1. The molecule has 1 heterocycles. The number of nitrogens with one attached hydrogen (secondary N) is 2. The van der Waals surface area contributed by atoms with Crippen molar-refractivity contribution in [3.63, 3.8) is 0 Å². The van der Waals surface area contributed by atoms with Crippen LogP contribution in [0.15, 0.2) is 47.7 Å². The predicted molar refractivity (Wildman–Crippen MR) is 110 cm³/mol. The topological polar surface area (TPSA) is 61.4 Å². The van der Waals surface area contributed by atoms with Crippen LogP contribution in [0.25, 0.3) is 0 Å². The molecule has 4 rings (SSSR count). The number of benzene rings is 2. The summed E-state index contributed by atoms with van der Waals surface area (Å²) in [6, 6.07) is 10.0. The maximum absolute atomic E-state index is 13.1. The van der Waals surface area contributed by atoms with Gasteiger partial charge in [0, 0.05) is 27.7 Å². The first-order valence-corrected chi connectivity index (χ1v) is 9.57. The van der Waals surface area contributed by atoms with Gasteiger partial charge in [0.25, 0.3) is 0 Å². The second-order valence-corrected chi connectivity index (χ2v) is 8.74. The minimum atomic E-state index is -0.453. The standard InChI is InChI=1S/C21H20Cl2N2O2/c1-21(2)9-15-18(17(27)10-21)19(12-8-11(22)6-7-13(12)23)24-14-4-3-5-16(26)20(14)25-15/h3-8,19,24-26H,9-10H2,1-2H3. The SMILES string of the molecule is CC1(C)CC(=O)C2=C(C1)Nc1c(O)cccc1NC2c1cc(Cl)ccc1Cl. The number of aromatic hydroxyl groups is 1. The first-order valence-electron chi connectivity index (χ1n) is 8.82. The van der Waals surface area contributed by atoms with Gasteiger partial charge in [-0.3, -0.25) is 4.79 Å². The van der Waals surface area contributed by atoms with E-state index in [1.807, 2.05) is 6.07 Å². The molecule has 2 aromatic rings. The van der Waals surface area contributed by atoms with Crippen molar-refractivity contribution < 1.29 is 9.90 Å². The van der Waals surface area contributed by atoms with Crippen molar-refractivity contribution in [2.45, 2.75) is 32.7 Å². The van der Waals surface area contributed by atoms with Crippen LogP contribution in [0.5, 0.6) is 5.75 Å². The lowest BCUT2D eigenvalue weighted by atomic mass is 9.73. The number of rotatable bonds is 1. The van der Waals surface area contributed by atoms with Gasteiger partial charge in [-0.2, -0.15) is 0 Å². The van der Waals surface area contributed by atoms with Crippen molar-refractivity contribution in [3.8, 4) is 5.75 Å². The number of para-hydroxylation sites is 1. The van der Waals surface area contributed by atoms with E-state index in [9.17, 15) is 9.90 Å². The van der Waals surface area contributed by atoms with Crippen LogP contribution in [-0.2, 0) is 4.79 Å². The number of phenolic OH excluding ortho intramolecular Hbond substituents is 1. The number of ketones is 1. The van der Waals surface area contributed by atoms with E-state index in [1.54, 1.807) is 30.3 Å². The third-order valence-corrected chi connectivity index (χ3v) is 5.68. The normalized spacial score (nSPS) is 20.9. The van der Waals surface area contributed by atoms with E-state index in [1.165, 1.54) is 0 Å². The minimum absolute atomic E-state index is 0.0644. The molecule has 0 saturated carbocycles. The number of Topliss-reactive ketones (excluding diaryl/α,β-unsaturated/α-hetero) is 1. The Kier molecular flexibility index (Phi) is 4.36. The molecule has 0 saturated heterocycles. The van der Waals surface area contributed by atoms with Gasteiger partial charge in [-0.05, 0) is 47.7 Å². The summed E-state index contributed by atoms with van der Waals surface area (Å²) in [6.07, 6.45) is 1.14. The van der Waals surface area contributed by atoms with Gasteiger partial charge in [-0.25, -0.2) is 0 Å². The maximum atomic E-state index is 13.1. The minimum Gasteiger partial charge on any atom is -0.506 e. The fraction of sp³-hybridized carbons (Fsp3) is 0.286. The Balaban J connectivity index is 1.95. The van der Waals surface area contributed by atoms with E-state index in [2.05, 4.69) is 24.5 Å². The Hall–Kier alpha value is -2.17. The van der Waals surface area contributed by atoms with Gasteiger partial charge in [0.05, 0.1) is 11.7 Å². The van der Waals surface area contributed by atoms with E-state index in [0.717, 1.165) is 11.3 Å². The highest BCUT2D eigenvalue weighted by Gasteiger charge is 2.39. The zero-order chi connectivity index (χ0) is 19.3. The average Bonchev–Trinajstić information content (AvgIpc) is 2.73. The number of hydrogen-bond donors (Lipinski definition) is 3. The molecule has 1 atom stereocenters. The third-order valence-electron chi connectivity index (χ3n) is 5.10. The number of carbonyl (C=O) groups is 1. The number of allylic oxidation sites excluding steroid dienone is 1. The summed E-state index contributed by atoms with van der Waals surface area (Å²) in [5.74, 6) is 0.190. The van der Waals surface area contributed by atoms with Gasteiger partial charge >= 0.3 is 0 Å². The highest BCUT2D eigenvalue weighted by Crippen LogP contribution is 2.48. The zero-order valence-corrected chi connectivity index (χ0v) is 16.6. The third kappa shape index (κ3) is 3.28. The van der Waals surface area contributed by atoms with E-state index >= 15 is 0 Å². The highest BCUT2D eigenvalue weighted by molar-refractivity contribution is 6.33. The molecule has 4 nitrogen and oxygen atoms in total. The van der Waals surface area contributed by atoms with Gasteiger partial charge < -0.3 is 15.7 Å². The molecule has 1 aliphatic carbocycles. The molecule has 2 aromatic carbocycles. The Bertz CT molecular complexity index is 982. The van der Waals surface area contributed by atoms with Crippen molar-refractivity contribution >= 4 is 40.4 Å². The summed E-state index contributed by atoms with van der Waals surface area (Å²) >= 11 is 12.7. The molecule has 0 amide bonds. The Morgan fingerprint density at radius 1 is 1.15 bits per heavy atom. The van der Waals surface area contributed by atoms with E-state index < -0.39 is 6.04 Å². The lowest BCUT2D eigenvalue weighted by Crippen LogP contribution is -2.31. The average molecular weight is 403 g/mol. The van der Waals surface area contributed by atoms with Crippen molar-refractivity contribution in [1.82, 2.24) is 0 Å². The van der Waals surface area contributed by atoms with Gasteiger partial charge in [-0.15, -0.1) is 0 Å². The zero-order valence-electron chi connectivity index (χ0n) is 15.1. The lowest BCUT2D eigenvalue weighted by Gasteiger charge is -2.34. The van der Waals surface area contributed by atoms with Gasteiger partial charge in [0.2, 0.25) is 0 Å². The van der Waals surface area contributed by atoms with Gasteiger partial charge in [-0.1, -0.05) is 43.1 Å². The van der Waals surface area contributed by atoms with Gasteiger partial charge in [0.1, 0.15) is 11.4 Å². The second kappa shape index (κ2) is 6.47. The second-order valence-electron chi connectivity index (χ2n) is 7.90. The number of halogens is 2. The van der Waals surface area contributed by atoms with E-state index in [4.69, 9.17) is 23.2 Å². The first-order chi connectivity index (χ1) is 12.7. The molecule has 0 spiro atoms. The summed E-state index contributed by atoms with van der Waals surface area (Å²) in [6.45, 7) is 4.14. The summed E-state index contributed by atoms with van der Waals surface area (Å²) in [7, 11) is 0. The molecule has 1 unspecified atom stereocenters. The van der Waals surface area contributed by atoms with Crippen LogP contribution in [0.3, 0.4) is 0 Å². The predicted octanol–water partition coefficient (Wildman–Crippen LogP) is 5.92. The fourth-order valence-corrected chi connectivity index (χ4v) is 4.33. The van der Waals surface area contributed by atoms with Crippen molar-refractivity contribution in [2.75, 3.05) is 10.6 Å². The first kappa shape index (κ1) is 18.2. The molecule has 0 radical (unpaired) electrons. The molecule has 6 heteroatoms. The molecule has 1 aliphatic heterocycles. The molecule has 2 aliphatic rings. The van der Waals surface area contributed by atoms with Crippen molar-refractivity contribution in [3.05, 3.63) is 63.3 Å². The van der Waals surface area contributed by atoms with Crippen molar-refractivity contribution in [2.24, 2.45) is 5.41 Å². The molecule has 0 aromatic heterocycles. The van der Waals surface area contributed by atoms with Crippen LogP contribution in [0.1, 0.15) is 38.3 Å². The molecule has 0 bridgehead atoms. The number of hydrogen-bond acceptors (Lipinski definition) is 4. The maximum Gasteiger partial charge on any atom is 0.163 e. The number of anilines is 2. The number of carbonyl (C=O) groups excluding carboxylic acids is 1. The van der Waals surface area contributed by atoms with Crippen molar-refractivity contribution in [1.29, 1.82) is 0 Å². The highest BCUT2D eigenvalue weighted by atomic mass is 35.5. The molecular weight excluding hydrogens is 383 g/mol. The monoisotopic (exact) mass is 402 g/mol. The van der Waals surface area contributed by atoms with Crippen LogP contribution in [0.4, 0.5) is 11.4 Å². The smallest absolute Gasteiger partial charge is 0.163 e. The Morgan fingerprint density at radius 2 is 1.93 bits per heavy atom. The molecule has 27 heavy (non-hydrogen) atoms. The molecule has 0 fully saturated rings. The van der Waals surface area contributed by atoms with Crippen LogP contribution in [0.2, 0.25) is 10.0 Å². The molecule has 3 N–H and O–H groups in total. The van der Waals surface area contributed by atoms with E-state index in [-0.39, 0.29) is 16.9 Å². The quantitative estimate of drug-likeness (QED) is 0.517. The summed E-state index contributed by atoms with van der Waals surface area (Å²) in [4.78, 5) is 13.1. The van der Waals surface area contributed by atoms with Crippen LogP contribution in [0, 0.1) is 5.41 Å². The Labute approximate surface area is 168 Å². The lowest BCUT2D eigenvalue weighted by molar-refractivity contribution is -0.118. The largest absolute Gasteiger partial charge is 0.506 e. The summed E-state index contributed by atoms with van der Waals surface area (Å²) < 4.78 is 0. The van der Waals surface area contributed by atoms with Crippen LogP contribution in [-0.4, -0.2) is 10.9 Å².